The Bertz CT molecular complexity index is 467. The van der Waals surface area contributed by atoms with Gasteiger partial charge in [0.15, 0.2) is 0 Å². The van der Waals surface area contributed by atoms with E-state index in [-0.39, 0.29) is 0 Å². The normalized spacial score (nSPS) is 45.4. The molecule has 0 aliphatic heterocycles. The first-order chi connectivity index (χ1) is 10.7. The minimum atomic E-state index is -4.67. The van der Waals surface area contributed by atoms with Crippen LogP contribution in [-0.4, -0.2) is 23.6 Å². The lowest BCUT2D eigenvalue weighted by molar-refractivity contribution is -0.0677. The van der Waals surface area contributed by atoms with Crippen LogP contribution in [0.15, 0.2) is 0 Å². The molecule has 0 amide bonds. The minimum Gasteiger partial charge on any atom is -0.328 e. The number of nitrogens with two attached hydrogens (primary N) is 1. The van der Waals surface area contributed by atoms with Gasteiger partial charge in [-0.3, -0.25) is 9.11 Å². The Morgan fingerprint density at radius 2 is 1.26 bits per heavy atom. The van der Waals surface area contributed by atoms with Gasteiger partial charge in [0.2, 0.25) is 0 Å². The predicted molar refractivity (Wildman–Crippen MR) is 89.3 cm³/mol. The van der Waals surface area contributed by atoms with Gasteiger partial charge in [-0.05, 0) is 99.7 Å². The van der Waals surface area contributed by atoms with Crippen molar-refractivity contribution in [3.63, 3.8) is 0 Å². The van der Waals surface area contributed by atoms with E-state index < -0.39 is 10.4 Å². The Kier molecular flexibility index (Phi) is 5.08. The molecule has 5 nitrogen and oxygen atoms in total. The number of hydrogen-bond donors (Lipinski definition) is 3. The molecular formula is C17H31NO4S. The fourth-order valence-corrected chi connectivity index (χ4v) is 6.54. The summed E-state index contributed by atoms with van der Waals surface area (Å²) in [5.74, 6) is 4.41. The Morgan fingerprint density at radius 1 is 0.870 bits per heavy atom. The molecule has 0 aromatic carbocycles. The van der Waals surface area contributed by atoms with Crippen LogP contribution in [0.1, 0.15) is 70.6 Å². The lowest BCUT2D eigenvalue weighted by atomic mass is 9.48. The summed E-state index contributed by atoms with van der Waals surface area (Å²) in [5.41, 5.74) is 6.86. The van der Waals surface area contributed by atoms with Crippen molar-refractivity contribution in [2.75, 3.05) is 0 Å². The summed E-state index contributed by atoms with van der Waals surface area (Å²) in [6.07, 6.45) is 16.6. The molecule has 0 aromatic heterocycles. The quantitative estimate of drug-likeness (QED) is 0.665. The van der Waals surface area contributed by atoms with Crippen LogP contribution >= 0.6 is 0 Å². The van der Waals surface area contributed by atoms with E-state index in [0.717, 1.165) is 29.1 Å². The van der Waals surface area contributed by atoms with Crippen LogP contribution in [0, 0.1) is 29.1 Å². The third-order valence-corrected chi connectivity index (χ3v) is 6.78. The second-order valence-corrected chi connectivity index (χ2v) is 9.75. The van der Waals surface area contributed by atoms with E-state index in [1.165, 1.54) is 25.7 Å². The summed E-state index contributed by atoms with van der Waals surface area (Å²) in [5, 5.41) is 0. The molecule has 5 aliphatic rings. The first-order valence-corrected chi connectivity index (χ1v) is 10.6. The maximum Gasteiger partial charge on any atom is 0.394 e. The largest absolute Gasteiger partial charge is 0.394 e. The Balaban J connectivity index is 0.000000276. The Labute approximate surface area is 140 Å². The highest BCUT2D eigenvalue weighted by atomic mass is 32.3. The van der Waals surface area contributed by atoms with Crippen molar-refractivity contribution in [2.45, 2.75) is 76.7 Å². The summed E-state index contributed by atoms with van der Waals surface area (Å²) in [4.78, 5) is 0. The second kappa shape index (κ2) is 6.62. The fraction of sp³-hybridized carbons (Fsp3) is 1.00. The van der Waals surface area contributed by atoms with E-state index in [0.29, 0.717) is 6.04 Å². The molecule has 0 radical (unpaired) electrons. The highest BCUT2D eigenvalue weighted by molar-refractivity contribution is 7.79. The van der Waals surface area contributed by atoms with Crippen LogP contribution in [0.5, 0.6) is 0 Å². The highest BCUT2D eigenvalue weighted by Gasteiger charge is 2.51. The highest BCUT2D eigenvalue weighted by Crippen LogP contribution is 2.62. The molecule has 23 heavy (non-hydrogen) atoms. The smallest absolute Gasteiger partial charge is 0.328 e. The Hall–Kier alpha value is -0.170. The summed E-state index contributed by atoms with van der Waals surface area (Å²) >= 11 is 0. The first-order valence-electron chi connectivity index (χ1n) is 9.16. The maximum absolute atomic E-state index is 8.74. The first kappa shape index (κ1) is 17.6. The van der Waals surface area contributed by atoms with E-state index in [2.05, 4.69) is 0 Å². The van der Waals surface area contributed by atoms with Gasteiger partial charge in [-0.15, -0.1) is 0 Å². The van der Waals surface area contributed by atoms with Gasteiger partial charge in [0.1, 0.15) is 0 Å². The predicted octanol–water partition coefficient (Wildman–Crippen LogP) is 3.46. The zero-order valence-corrected chi connectivity index (χ0v) is 14.7. The summed E-state index contributed by atoms with van der Waals surface area (Å²) in [6.45, 7) is 0. The van der Waals surface area contributed by atoms with Crippen LogP contribution in [0.25, 0.3) is 0 Å². The summed E-state index contributed by atoms with van der Waals surface area (Å²) in [6, 6.07) is 0.526. The zero-order chi connectivity index (χ0) is 16.7. The number of hydrogen-bond acceptors (Lipinski definition) is 3. The van der Waals surface area contributed by atoms with E-state index in [9.17, 15) is 0 Å². The monoisotopic (exact) mass is 345 g/mol. The fourth-order valence-electron chi connectivity index (χ4n) is 6.54. The van der Waals surface area contributed by atoms with Crippen molar-refractivity contribution in [2.24, 2.45) is 34.8 Å². The lowest BCUT2D eigenvalue weighted by Gasteiger charge is -2.58. The molecule has 0 spiro atoms. The van der Waals surface area contributed by atoms with Crippen LogP contribution in [0.2, 0.25) is 0 Å². The third kappa shape index (κ3) is 4.91. The van der Waals surface area contributed by atoms with E-state index >= 15 is 0 Å². The second-order valence-electron chi connectivity index (χ2n) is 8.85. The maximum atomic E-state index is 8.74. The van der Waals surface area contributed by atoms with Crippen molar-refractivity contribution in [1.82, 2.24) is 0 Å². The van der Waals surface area contributed by atoms with E-state index in [1.54, 1.807) is 44.9 Å². The molecular weight excluding hydrogens is 314 g/mol. The van der Waals surface area contributed by atoms with E-state index in [4.69, 9.17) is 23.3 Å². The van der Waals surface area contributed by atoms with Crippen molar-refractivity contribution in [3.8, 4) is 0 Å². The van der Waals surface area contributed by atoms with Crippen molar-refractivity contribution >= 4 is 10.4 Å². The summed E-state index contributed by atoms with van der Waals surface area (Å²) in [7, 11) is -4.67. The van der Waals surface area contributed by atoms with E-state index in [1.807, 2.05) is 0 Å². The van der Waals surface area contributed by atoms with Gasteiger partial charge in [0, 0.05) is 6.04 Å². The van der Waals surface area contributed by atoms with Gasteiger partial charge < -0.3 is 5.73 Å². The molecule has 4 bridgehead atoms. The molecule has 0 heterocycles. The van der Waals surface area contributed by atoms with Crippen LogP contribution in [-0.2, 0) is 10.4 Å². The van der Waals surface area contributed by atoms with Gasteiger partial charge in [-0.25, -0.2) is 0 Å². The summed E-state index contributed by atoms with van der Waals surface area (Å²) < 4.78 is 31.6. The van der Waals surface area contributed by atoms with Crippen molar-refractivity contribution in [3.05, 3.63) is 0 Å². The van der Waals surface area contributed by atoms with Gasteiger partial charge in [0.05, 0.1) is 0 Å². The van der Waals surface area contributed by atoms with Crippen LogP contribution < -0.4 is 5.73 Å². The third-order valence-electron chi connectivity index (χ3n) is 6.78. The van der Waals surface area contributed by atoms with Crippen LogP contribution in [0.4, 0.5) is 0 Å². The topological polar surface area (TPSA) is 101 Å². The van der Waals surface area contributed by atoms with Crippen LogP contribution in [0.3, 0.4) is 0 Å². The molecule has 0 atom stereocenters. The van der Waals surface area contributed by atoms with Gasteiger partial charge in [-0.1, -0.05) is 0 Å². The van der Waals surface area contributed by atoms with Gasteiger partial charge >= 0.3 is 10.4 Å². The standard InChI is InChI=1S/C17H29N.H2O4S/c18-16-3-1-12(2-4-16)8-17-9-13-5-14(10-17)7-15(6-13)11-17;1-5(2,3)4/h12-16H,1-11,18H2;(H2,1,2,3,4). The molecule has 134 valence electrons. The van der Waals surface area contributed by atoms with Gasteiger partial charge in [-0.2, -0.15) is 8.42 Å². The average Bonchev–Trinajstić information content (AvgIpc) is 2.37. The van der Waals surface area contributed by atoms with Crippen molar-refractivity contribution in [1.29, 1.82) is 0 Å². The molecule has 5 fully saturated rings. The molecule has 0 aromatic rings. The molecule has 5 saturated carbocycles. The lowest BCUT2D eigenvalue weighted by Crippen LogP contribution is -2.47. The average molecular weight is 346 g/mol. The Morgan fingerprint density at radius 3 is 1.65 bits per heavy atom. The molecule has 0 unspecified atom stereocenters. The minimum absolute atomic E-state index is 0.526. The molecule has 4 N–H and O–H groups in total. The van der Waals surface area contributed by atoms with Gasteiger partial charge in [0.25, 0.3) is 0 Å². The molecule has 5 rings (SSSR count). The molecule has 6 heteroatoms. The SMILES string of the molecule is NC1CCC(CC23CC4CC(CC(C4)C2)C3)CC1.O=S(=O)(O)O. The van der Waals surface area contributed by atoms with Crippen molar-refractivity contribution < 1.29 is 17.5 Å². The number of rotatable bonds is 2. The molecule has 0 saturated heterocycles. The zero-order valence-electron chi connectivity index (χ0n) is 13.9. The molecule has 5 aliphatic carbocycles.